The fourth-order valence-corrected chi connectivity index (χ4v) is 2.87. The second kappa shape index (κ2) is 5.37. The average Bonchev–Trinajstić information content (AvgIpc) is 2.85. The quantitative estimate of drug-likeness (QED) is 0.922. The fourth-order valence-electron chi connectivity index (χ4n) is 2.87. The Balaban J connectivity index is 2.13. The molecule has 0 aliphatic carbocycles. The van der Waals surface area contributed by atoms with Crippen LogP contribution in [0.3, 0.4) is 0 Å². The first-order valence-corrected chi connectivity index (χ1v) is 7.15. The number of hydrogen-bond donors (Lipinski definition) is 1. The van der Waals surface area contributed by atoms with Crippen LogP contribution in [0, 0.1) is 6.92 Å². The number of carboxylic acid groups (broad SMARTS) is 1. The van der Waals surface area contributed by atoms with Crippen molar-refractivity contribution in [2.75, 3.05) is 18.6 Å². The number of carbonyl (C=O) groups is 1. The Kier molecular flexibility index (Phi) is 3.55. The highest BCUT2D eigenvalue weighted by Crippen LogP contribution is 2.33. The fraction of sp³-hybridized carbons (Fsp3) is 0.467. The van der Waals surface area contributed by atoms with E-state index < -0.39 is 6.09 Å². The predicted molar refractivity (Wildman–Crippen MR) is 79.7 cm³/mol. The highest BCUT2D eigenvalue weighted by molar-refractivity contribution is 6.01. The van der Waals surface area contributed by atoms with Crippen molar-refractivity contribution in [3.8, 4) is 0 Å². The molecule has 1 aromatic carbocycles. The van der Waals surface area contributed by atoms with Gasteiger partial charge in [0.2, 0.25) is 0 Å². The number of ether oxygens (including phenoxy) is 1. The molecule has 112 valence electrons. The lowest BCUT2D eigenvalue weighted by Crippen LogP contribution is -2.24. The van der Waals surface area contributed by atoms with E-state index in [1.165, 1.54) is 4.90 Å². The topological polar surface area (TPSA) is 67.6 Å². The van der Waals surface area contributed by atoms with Gasteiger partial charge in [-0.15, -0.1) is 0 Å². The molecule has 0 radical (unpaired) electrons. The highest BCUT2D eigenvalue weighted by Gasteiger charge is 2.22. The Bertz CT molecular complexity index is 674. The molecule has 1 aromatic heterocycles. The number of fused-ring (bicyclic) bond motifs is 1. The third kappa shape index (κ3) is 2.35. The molecule has 6 nitrogen and oxygen atoms in total. The minimum absolute atomic E-state index is 0.0552. The molecule has 2 heterocycles. The molecule has 2 aromatic rings. The van der Waals surface area contributed by atoms with Gasteiger partial charge in [0, 0.05) is 19.0 Å². The monoisotopic (exact) mass is 289 g/mol. The molecule has 3 rings (SSSR count). The molecule has 21 heavy (non-hydrogen) atoms. The van der Waals surface area contributed by atoms with Gasteiger partial charge in [-0.3, -0.25) is 4.90 Å². The van der Waals surface area contributed by atoms with Crippen LogP contribution in [-0.2, 0) is 4.74 Å². The molecule has 0 saturated carbocycles. The number of hydrogen-bond acceptors (Lipinski definition) is 3. The van der Waals surface area contributed by atoms with Crippen LogP contribution in [0.5, 0.6) is 0 Å². The van der Waals surface area contributed by atoms with Crippen molar-refractivity contribution in [3.63, 3.8) is 0 Å². The molecule has 1 aliphatic rings. The lowest BCUT2D eigenvalue weighted by Gasteiger charge is -2.23. The van der Waals surface area contributed by atoms with Crippen molar-refractivity contribution >= 4 is 22.7 Å². The lowest BCUT2D eigenvalue weighted by atomic mass is 10.1. The summed E-state index contributed by atoms with van der Waals surface area (Å²) < 4.78 is 7.70. The van der Waals surface area contributed by atoms with Crippen molar-refractivity contribution in [3.05, 3.63) is 23.9 Å². The summed E-state index contributed by atoms with van der Waals surface area (Å²) in [4.78, 5) is 12.5. The second-order valence-corrected chi connectivity index (χ2v) is 5.36. The second-order valence-electron chi connectivity index (χ2n) is 5.36. The Hall–Kier alpha value is -2.08. The van der Waals surface area contributed by atoms with Crippen molar-refractivity contribution in [2.24, 2.45) is 0 Å². The number of anilines is 1. The molecule has 1 saturated heterocycles. The Morgan fingerprint density at radius 1 is 1.48 bits per heavy atom. The maximum Gasteiger partial charge on any atom is 0.411 e. The van der Waals surface area contributed by atoms with Crippen LogP contribution in [0.2, 0.25) is 0 Å². The van der Waals surface area contributed by atoms with E-state index in [2.05, 4.69) is 5.10 Å². The molecule has 1 amide bonds. The normalized spacial score (nSPS) is 18.9. The van der Waals surface area contributed by atoms with Gasteiger partial charge in [-0.2, -0.15) is 5.10 Å². The third-order valence-corrected chi connectivity index (χ3v) is 3.96. The molecule has 1 N–H and O–H groups in total. The van der Waals surface area contributed by atoms with E-state index in [-0.39, 0.29) is 6.23 Å². The standard InChI is InChI=1S/C15H19N3O3/c1-10-14-11(17(2)15(19)20)6-5-7-12(14)18(16-10)13-8-3-4-9-21-13/h5-7,13H,3-4,8-9H2,1-2H3,(H,19,20). The summed E-state index contributed by atoms with van der Waals surface area (Å²) >= 11 is 0. The van der Waals surface area contributed by atoms with E-state index >= 15 is 0 Å². The summed E-state index contributed by atoms with van der Waals surface area (Å²) in [6.45, 7) is 2.65. The van der Waals surface area contributed by atoms with Crippen molar-refractivity contribution in [1.82, 2.24) is 9.78 Å². The third-order valence-electron chi connectivity index (χ3n) is 3.96. The summed E-state index contributed by atoms with van der Waals surface area (Å²) in [6, 6.07) is 5.63. The van der Waals surface area contributed by atoms with Crippen LogP contribution in [-0.4, -0.2) is 34.6 Å². The van der Waals surface area contributed by atoms with E-state index in [9.17, 15) is 9.90 Å². The number of nitrogens with zero attached hydrogens (tertiary/aromatic N) is 3. The maximum atomic E-state index is 11.2. The molecular formula is C15H19N3O3. The Labute approximate surface area is 122 Å². The van der Waals surface area contributed by atoms with Crippen LogP contribution >= 0.6 is 0 Å². The lowest BCUT2D eigenvalue weighted by molar-refractivity contribution is -0.0368. The summed E-state index contributed by atoms with van der Waals surface area (Å²) in [5, 5.41) is 14.7. The van der Waals surface area contributed by atoms with E-state index in [1.807, 2.05) is 23.7 Å². The maximum absolute atomic E-state index is 11.2. The number of benzene rings is 1. The smallest absolute Gasteiger partial charge is 0.411 e. The van der Waals surface area contributed by atoms with Crippen LogP contribution < -0.4 is 4.90 Å². The zero-order chi connectivity index (χ0) is 15.0. The SMILES string of the molecule is Cc1nn(C2CCCCO2)c2cccc(N(C)C(=O)O)c12. The van der Waals surface area contributed by atoms with Crippen molar-refractivity contribution in [1.29, 1.82) is 0 Å². The average molecular weight is 289 g/mol. The van der Waals surface area contributed by atoms with E-state index in [1.54, 1.807) is 13.1 Å². The number of aromatic nitrogens is 2. The predicted octanol–water partition coefficient (Wildman–Crippen LogP) is 3.16. The first kappa shape index (κ1) is 13.9. The van der Waals surface area contributed by atoms with Gasteiger partial charge >= 0.3 is 6.09 Å². The molecular weight excluding hydrogens is 270 g/mol. The zero-order valence-electron chi connectivity index (χ0n) is 12.2. The van der Waals surface area contributed by atoms with Gasteiger partial charge in [0.25, 0.3) is 0 Å². The van der Waals surface area contributed by atoms with Gasteiger partial charge < -0.3 is 9.84 Å². The highest BCUT2D eigenvalue weighted by atomic mass is 16.5. The van der Waals surface area contributed by atoms with Crippen LogP contribution in [0.1, 0.15) is 31.2 Å². The summed E-state index contributed by atoms with van der Waals surface area (Å²) in [5.41, 5.74) is 2.40. The summed E-state index contributed by atoms with van der Waals surface area (Å²) in [5.74, 6) is 0. The van der Waals surface area contributed by atoms with Gasteiger partial charge in [0.05, 0.1) is 16.9 Å². The number of amides is 1. The van der Waals surface area contributed by atoms with Crippen molar-refractivity contribution in [2.45, 2.75) is 32.4 Å². The molecule has 0 bridgehead atoms. The van der Waals surface area contributed by atoms with Crippen LogP contribution in [0.4, 0.5) is 10.5 Å². The first-order chi connectivity index (χ1) is 10.1. The van der Waals surface area contributed by atoms with Gasteiger partial charge in [-0.05, 0) is 38.3 Å². The molecule has 1 atom stereocenters. The summed E-state index contributed by atoms with van der Waals surface area (Å²) in [6.07, 6.45) is 2.11. The molecule has 1 aliphatic heterocycles. The largest absolute Gasteiger partial charge is 0.465 e. The van der Waals surface area contributed by atoms with Gasteiger partial charge in [-0.1, -0.05) is 6.07 Å². The van der Waals surface area contributed by atoms with E-state index in [0.717, 1.165) is 42.5 Å². The minimum Gasteiger partial charge on any atom is -0.465 e. The van der Waals surface area contributed by atoms with Gasteiger partial charge in [-0.25, -0.2) is 9.48 Å². The van der Waals surface area contributed by atoms with Crippen LogP contribution in [0.15, 0.2) is 18.2 Å². The number of rotatable bonds is 2. The first-order valence-electron chi connectivity index (χ1n) is 7.15. The van der Waals surface area contributed by atoms with Gasteiger partial charge in [0.15, 0.2) is 6.23 Å². The Morgan fingerprint density at radius 3 is 2.95 bits per heavy atom. The molecule has 0 spiro atoms. The Morgan fingerprint density at radius 2 is 2.29 bits per heavy atom. The molecule has 1 fully saturated rings. The van der Waals surface area contributed by atoms with Crippen molar-refractivity contribution < 1.29 is 14.6 Å². The van der Waals surface area contributed by atoms with E-state index in [4.69, 9.17) is 4.74 Å². The minimum atomic E-state index is -0.983. The molecule has 1 unspecified atom stereocenters. The number of aryl methyl sites for hydroxylation is 1. The summed E-state index contributed by atoms with van der Waals surface area (Å²) in [7, 11) is 1.55. The molecule has 6 heteroatoms. The van der Waals surface area contributed by atoms with E-state index in [0.29, 0.717) is 5.69 Å². The van der Waals surface area contributed by atoms with Gasteiger partial charge in [0.1, 0.15) is 0 Å². The van der Waals surface area contributed by atoms with Crippen LogP contribution in [0.25, 0.3) is 10.9 Å². The zero-order valence-corrected chi connectivity index (χ0v) is 12.2.